The fraction of sp³-hybridized carbons (Fsp3) is 0.190. The van der Waals surface area contributed by atoms with E-state index in [9.17, 15) is 22.8 Å². The molecule has 0 aliphatic heterocycles. The van der Waals surface area contributed by atoms with Crippen molar-refractivity contribution in [2.75, 3.05) is 6.54 Å². The van der Waals surface area contributed by atoms with Crippen molar-refractivity contribution in [2.45, 2.75) is 19.3 Å². The summed E-state index contributed by atoms with van der Waals surface area (Å²) in [5, 5.41) is 7.09. The number of carbonyl (C=O) groups is 1. The van der Waals surface area contributed by atoms with Crippen molar-refractivity contribution in [2.24, 2.45) is 0 Å². The first kappa shape index (κ1) is 21.2. The van der Waals surface area contributed by atoms with Crippen LogP contribution in [0.4, 0.5) is 13.2 Å². The fourth-order valence-electron chi connectivity index (χ4n) is 3.18. The smallest absolute Gasteiger partial charge is 0.349 e. The Morgan fingerprint density at radius 1 is 1.09 bits per heavy atom. The third-order valence-electron chi connectivity index (χ3n) is 4.74. The number of hydrogen-bond donors (Lipinski definition) is 1. The number of alkyl halides is 3. The highest BCUT2D eigenvalue weighted by Gasteiger charge is 2.30. The zero-order valence-corrected chi connectivity index (χ0v) is 16.6. The van der Waals surface area contributed by atoms with Gasteiger partial charge in [0.25, 0.3) is 11.5 Å². The van der Waals surface area contributed by atoms with E-state index in [-0.39, 0.29) is 36.6 Å². The third kappa shape index (κ3) is 4.51. The van der Waals surface area contributed by atoms with Crippen LogP contribution in [-0.2, 0) is 19.3 Å². The van der Waals surface area contributed by atoms with Gasteiger partial charge in [-0.05, 0) is 29.8 Å². The molecule has 0 fully saturated rings. The molecule has 0 saturated carbocycles. The monoisotopic (exact) mass is 442 g/mol. The maximum Gasteiger partial charge on any atom is 0.416 e. The Bertz CT molecular complexity index is 1310. The van der Waals surface area contributed by atoms with E-state index in [4.69, 9.17) is 0 Å². The molecule has 0 unspecified atom stereocenters. The van der Waals surface area contributed by atoms with Gasteiger partial charge in [0.2, 0.25) is 0 Å². The standard InChI is InChI=1S/C21H17F3N6O2/c22-21(23,24)15-5-3-4-14(10-15)12-29-13-27-18-16(20(29)32)11-28-30(18)9-8-26-19(31)17-6-1-2-7-25-17/h1-7,10-11,13H,8-9,12H2,(H,26,31). The molecule has 0 aliphatic carbocycles. The molecule has 8 nitrogen and oxygen atoms in total. The van der Waals surface area contributed by atoms with E-state index in [0.717, 1.165) is 12.1 Å². The minimum atomic E-state index is -4.46. The summed E-state index contributed by atoms with van der Waals surface area (Å²) in [5.41, 5.74) is -0.266. The number of rotatable bonds is 6. The summed E-state index contributed by atoms with van der Waals surface area (Å²) in [6.45, 7) is 0.449. The Morgan fingerprint density at radius 3 is 2.69 bits per heavy atom. The van der Waals surface area contributed by atoms with E-state index >= 15 is 0 Å². The van der Waals surface area contributed by atoms with Crippen LogP contribution < -0.4 is 10.9 Å². The Labute approximate surface area is 179 Å². The van der Waals surface area contributed by atoms with E-state index in [1.54, 1.807) is 18.2 Å². The van der Waals surface area contributed by atoms with Crippen molar-refractivity contribution in [1.29, 1.82) is 0 Å². The molecule has 0 spiro atoms. The summed E-state index contributed by atoms with van der Waals surface area (Å²) >= 11 is 0. The molecule has 4 aromatic rings. The van der Waals surface area contributed by atoms with E-state index in [2.05, 4.69) is 20.4 Å². The average Bonchev–Trinajstić information content (AvgIpc) is 3.19. The van der Waals surface area contributed by atoms with Gasteiger partial charge in [-0.3, -0.25) is 19.1 Å². The molecule has 11 heteroatoms. The number of pyridine rings is 1. The molecule has 164 valence electrons. The predicted molar refractivity (Wildman–Crippen MR) is 109 cm³/mol. The molecule has 4 rings (SSSR count). The number of amides is 1. The van der Waals surface area contributed by atoms with Gasteiger partial charge in [0.05, 0.1) is 24.8 Å². The number of benzene rings is 1. The van der Waals surface area contributed by atoms with Crippen LogP contribution in [0.15, 0.2) is 66.0 Å². The highest BCUT2D eigenvalue weighted by Crippen LogP contribution is 2.29. The first-order valence-corrected chi connectivity index (χ1v) is 9.59. The summed E-state index contributed by atoms with van der Waals surface area (Å²) in [7, 11) is 0. The van der Waals surface area contributed by atoms with Crippen LogP contribution in [0, 0.1) is 0 Å². The maximum atomic E-state index is 12.9. The van der Waals surface area contributed by atoms with Crippen molar-refractivity contribution in [3.05, 3.63) is 88.4 Å². The summed E-state index contributed by atoms with van der Waals surface area (Å²) in [4.78, 5) is 33.0. The molecule has 0 bridgehead atoms. The highest BCUT2D eigenvalue weighted by molar-refractivity contribution is 5.92. The van der Waals surface area contributed by atoms with Crippen molar-refractivity contribution >= 4 is 16.9 Å². The van der Waals surface area contributed by atoms with Gasteiger partial charge in [0.15, 0.2) is 5.65 Å². The summed E-state index contributed by atoms with van der Waals surface area (Å²) in [6, 6.07) is 9.79. The minimum Gasteiger partial charge on any atom is -0.349 e. The van der Waals surface area contributed by atoms with Crippen molar-refractivity contribution in [3.8, 4) is 0 Å². The molecule has 1 amide bonds. The molecule has 3 aromatic heterocycles. The van der Waals surface area contributed by atoms with Gasteiger partial charge < -0.3 is 5.32 Å². The molecule has 3 heterocycles. The lowest BCUT2D eigenvalue weighted by atomic mass is 10.1. The molecule has 32 heavy (non-hydrogen) atoms. The number of nitrogens with one attached hydrogen (secondary N) is 1. The zero-order chi connectivity index (χ0) is 22.7. The summed E-state index contributed by atoms with van der Waals surface area (Å²) in [5.74, 6) is -0.335. The van der Waals surface area contributed by atoms with Crippen molar-refractivity contribution in [1.82, 2.24) is 29.6 Å². The van der Waals surface area contributed by atoms with Crippen LogP contribution in [0.25, 0.3) is 11.0 Å². The van der Waals surface area contributed by atoms with Gasteiger partial charge in [-0.1, -0.05) is 18.2 Å². The summed E-state index contributed by atoms with van der Waals surface area (Å²) in [6.07, 6.45) is -0.315. The SMILES string of the molecule is O=C(NCCn1ncc2c(=O)n(Cc3cccc(C(F)(F)F)c3)cnc21)c1ccccn1. The average molecular weight is 442 g/mol. The Hall–Kier alpha value is -4.02. The van der Waals surface area contributed by atoms with Crippen LogP contribution in [0.3, 0.4) is 0 Å². The summed E-state index contributed by atoms with van der Waals surface area (Å²) < 4.78 is 41.5. The van der Waals surface area contributed by atoms with Crippen molar-refractivity contribution < 1.29 is 18.0 Å². The molecular weight excluding hydrogens is 425 g/mol. The van der Waals surface area contributed by atoms with Crippen LogP contribution in [0.1, 0.15) is 21.6 Å². The first-order chi connectivity index (χ1) is 15.3. The Kier molecular flexibility index (Phi) is 5.71. The van der Waals surface area contributed by atoms with E-state index in [1.807, 2.05) is 0 Å². The van der Waals surface area contributed by atoms with Crippen LogP contribution >= 0.6 is 0 Å². The second kappa shape index (κ2) is 8.61. The maximum absolute atomic E-state index is 12.9. The molecule has 0 aliphatic rings. The van der Waals surface area contributed by atoms with Crippen LogP contribution in [0.5, 0.6) is 0 Å². The Morgan fingerprint density at radius 2 is 1.94 bits per heavy atom. The van der Waals surface area contributed by atoms with Gasteiger partial charge in [0.1, 0.15) is 17.4 Å². The Balaban J connectivity index is 1.48. The van der Waals surface area contributed by atoms with E-state index < -0.39 is 17.3 Å². The quantitative estimate of drug-likeness (QED) is 0.495. The highest BCUT2D eigenvalue weighted by atomic mass is 19.4. The number of hydrogen-bond acceptors (Lipinski definition) is 5. The predicted octanol–water partition coefficient (Wildman–Crippen LogP) is 2.49. The normalized spacial score (nSPS) is 11.6. The zero-order valence-electron chi connectivity index (χ0n) is 16.6. The van der Waals surface area contributed by atoms with Gasteiger partial charge in [-0.2, -0.15) is 18.3 Å². The largest absolute Gasteiger partial charge is 0.416 e. The number of carbonyl (C=O) groups excluding carboxylic acids is 1. The lowest BCUT2D eigenvalue weighted by Crippen LogP contribution is -2.28. The van der Waals surface area contributed by atoms with E-state index in [1.165, 1.54) is 40.1 Å². The first-order valence-electron chi connectivity index (χ1n) is 9.59. The molecule has 1 N–H and O–H groups in total. The lowest BCUT2D eigenvalue weighted by molar-refractivity contribution is -0.137. The van der Waals surface area contributed by atoms with Crippen LogP contribution in [0.2, 0.25) is 0 Å². The number of nitrogens with zero attached hydrogens (tertiary/aromatic N) is 5. The second-order valence-corrected chi connectivity index (χ2v) is 6.95. The topological polar surface area (TPSA) is 94.7 Å². The number of halogens is 3. The second-order valence-electron chi connectivity index (χ2n) is 6.95. The number of fused-ring (bicyclic) bond motifs is 1. The van der Waals surface area contributed by atoms with Crippen molar-refractivity contribution in [3.63, 3.8) is 0 Å². The van der Waals surface area contributed by atoms with E-state index in [0.29, 0.717) is 11.2 Å². The molecule has 0 atom stereocenters. The third-order valence-corrected chi connectivity index (χ3v) is 4.74. The van der Waals surface area contributed by atoms with Gasteiger partial charge in [-0.25, -0.2) is 9.67 Å². The van der Waals surface area contributed by atoms with Gasteiger partial charge >= 0.3 is 6.18 Å². The number of aromatic nitrogens is 5. The minimum absolute atomic E-state index is 0.0585. The molecular formula is C21H17F3N6O2. The van der Waals surface area contributed by atoms with Gasteiger partial charge in [0, 0.05) is 12.7 Å². The van der Waals surface area contributed by atoms with Crippen LogP contribution in [-0.4, -0.2) is 36.8 Å². The lowest BCUT2D eigenvalue weighted by Gasteiger charge is -2.10. The molecule has 0 radical (unpaired) electrons. The van der Waals surface area contributed by atoms with Gasteiger partial charge in [-0.15, -0.1) is 0 Å². The molecule has 0 saturated heterocycles. The molecule has 1 aromatic carbocycles. The fourth-order valence-corrected chi connectivity index (χ4v) is 3.18.